The zero-order chi connectivity index (χ0) is 21.1. The quantitative estimate of drug-likeness (QED) is 0.656. The summed E-state index contributed by atoms with van der Waals surface area (Å²) >= 11 is 0. The molecule has 1 aliphatic rings. The van der Waals surface area contributed by atoms with E-state index < -0.39 is 12.2 Å². The van der Waals surface area contributed by atoms with E-state index in [9.17, 15) is 14.9 Å². The molecule has 9 nitrogen and oxygen atoms in total. The first-order valence-corrected chi connectivity index (χ1v) is 9.30. The largest absolute Gasteiger partial charge is 0.442 e. The monoisotopic (exact) mass is 402 g/mol. The molecule has 2 aromatic carbocycles. The predicted octanol–water partition coefficient (Wildman–Crippen LogP) is 2.41. The highest BCUT2D eigenvalue weighted by molar-refractivity contribution is 5.90. The SMILES string of the molecule is CC(=O)NC[C@H]1CN(c2ccc(/C=C(/C#N)n3nnc4ccccc43)cc2)C(=O)O1. The Balaban J connectivity index is 1.52. The molecule has 0 saturated carbocycles. The van der Waals surface area contributed by atoms with Crippen LogP contribution in [0.3, 0.4) is 0 Å². The number of nitriles is 1. The minimum atomic E-state index is -0.458. The maximum atomic E-state index is 12.1. The third-order valence-electron chi connectivity index (χ3n) is 4.66. The molecule has 0 aliphatic carbocycles. The lowest BCUT2D eigenvalue weighted by Crippen LogP contribution is -2.33. The molecular weight excluding hydrogens is 384 g/mol. The first-order valence-electron chi connectivity index (χ1n) is 9.30. The second-order valence-electron chi connectivity index (χ2n) is 6.78. The first kappa shape index (κ1) is 19.1. The Kier molecular flexibility index (Phi) is 5.13. The van der Waals surface area contributed by atoms with E-state index in [-0.39, 0.29) is 12.5 Å². The summed E-state index contributed by atoms with van der Waals surface area (Å²) in [5, 5.41) is 20.4. The van der Waals surface area contributed by atoms with Crippen molar-refractivity contribution in [2.24, 2.45) is 0 Å². The summed E-state index contributed by atoms with van der Waals surface area (Å²) in [6, 6.07) is 16.7. The van der Waals surface area contributed by atoms with Crippen LogP contribution in [-0.4, -0.2) is 46.2 Å². The van der Waals surface area contributed by atoms with Crippen LogP contribution in [0.1, 0.15) is 12.5 Å². The van der Waals surface area contributed by atoms with Gasteiger partial charge in [0, 0.05) is 12.6 Å². The Hall–Kier alpha value is -4.19. The second kappa shape index (κ2) is 8.05. The van der Waals surface area contributed by atoms with Gasteiger partial charge in [-0.15, -0.1) is 5.10 Å². The summed E-state index contributed by atoms with van der Waals surface area (Å²) < 4.78 is 6.77. The number of para-hydroxylation sites is 1. The topological polar surface area (TPSA) is 113 Å². The van der Waals surface area contributed by atoms with E-state index in [2.05, 4.69) is 21.7 Å². The zero-order valence-electron chi connectivity index (χ0n) is 16.1. The van der Waals surface area contributed by atoms with Crippen molar-refractivity contribution in [1.29, 1.82) is 5.26 Å². The molecule has 1 aliphatic heterocycles. The number of anilines is 1. The maximum absolute atomic E-state index is 12.1. The van der Waals surface area contributed by atoms with E-state index in [1.54, 1.807) is 30.3 Å². The van der Waals surface area contributed by atoms with Crippen LogP contribution in [0.2, 0.25) is 0 Å². The van der Waals surface area contributed by atoms with Gasteiger partial charge in [-0.1, -0.05) is 29.5 Å². The molecule has 0 radical (unpaired) electrons. The zero-order valence-corrected chi connectivity index (χ0v) is 16.1. The molecule has 4 rings (SSSR count). The summed E-state index contributed by atoms with van der Waals surface area (Å²) in [7, 11) is 0. The van der Waals surface area contributed by atoms with E-state index in [1.165, 1.54) is 16.5 Å². The molecule has 1 aromatic heterocycles. The normalized spacial score (nSPS) is 16.4. The number of carbonyl (C=O) groups is 2. The highest BCUT2D eigenvalue weighted by Gasteiger charge is 2.32. The molecule has 2 heterocycles. The Bertz CT molecular complexity index is 1180. The van der Waals surface area contributed by atoms with Gasteiger partial charge in [-0.3, -0.25) is 9.69 Å². The van der Waals surface area contributed by atoms with Crippen LogP contribution in [0.4, 0.5) is 10.5 Å². The number of fused-ring (bicyclic) bond motifs is 1. The van der Waals surface area contributed by atoms with Gasteiger partial charge in [-0.25, -0.2) is 9.48 Å². The minimum absolute atomic E-state index is 0.172. The van der Waals surface area contributed by atoms with Crippen molar-refractivity contribution in [3.8, 4) is 6.07 Å². The van der Waals surface area contributed by atoms with Gasteiger partial charge in [0.15, 0.2) is 0 Å². The fourth-order valence-electron chi connectivity index (χ4n) is 3.19. The number of benzene rings is 2. The highest BCUT2D eigenvalue weighted by Crippen LogP contribution is 2.23. The number of nitrogens with one attached hydrogen (secondary N) is 1. The molecule has 3 aromatic rings. The molecule has 30 heavy (non-hydrogen) atoms. The maximum Gasteiger partial charge on any atom is 0.414 e. The Morgan fingerprint density at radius 1 is 1.30 bits per heavy atom. The number of allylic oxidation sites excluding steroid dienone is 1. The van der Waals surface area contributed by atoms with Crippen LogP contribution in [0, 0.1) is 11.3 Å². The molecule has 9 heteroatoms. The van der Waals surface area contributed by atoms with Crippen molar-refractivity contribution in [3.05, 3.63) is 54.1 Å². The molecule has 1 N–H and O–H groups in total. The Labute approximate surface area is 172 Å². The van der Waals surface area contributed by atoms with Crippen LogP contribution in [0.5, 0.6) is 0 Å². The van der Waals surface area contributed by atoms with Crippen LogP contribution in [0.25, 0.3) is 22.8 Å². The van der Waals surface area contributed by atoms with E-state index in [0.29, 0.717) is 23.4 Å². The van der Waals surface area contributed by atoms with Crippen molar-refractivity contribution in [3.63, 3.8) is 0 Å². The summed E-state index contributed by atoms with van der Waals surface area (Å²) in [6.07, 6.45) is 0.847. The number of aromatic nitrogens is 3. The van der Waals surface area contributed by atoms with Crippen molar-refractivity contribution >= 4 is 40.5 Å². The lowest BCUT2D eigenvalue weighted by molar-refractivity contribution is -0.119. The van der Waals surface area contributed by atoms with Crippen LogP contribution in [0.15, 0.2) is 48.5 Å². The molecule has 0 unspecified atom stereocenters. The highest BCUT2D eigenvalue weighted by atomic mass is 16.6. The minimum Gasteiger partial charge on any atom is -0.442 e. The molecule has 0 bridgehead atoms. The van der Waals surface area contributed by atoms with Crippen molar-refractivity contribution in [2.45, 2.75) is 13.0 Å². The van der Waals surface area contributed by atoms with E-state index >= 15 is 0 Å². The van der Waals surface area contributed by atoms with Gasteiger partial charge in [-0.05, 0) is 35.9 Å². The van der Waals surface area contributed by atoms with Gasteiger partial charge >= 0.3 is 6.09 Å². The fraction of sp³-hybridized carbons (Fsp3) is 0.190. The van der Waals surface area contributed by atoms with E-state index in [0.717, 1.165) is 11.1 Å². The van der Waals surface area contributed by atoms with Gasteiger partial charge < -0.3 is 10.1 Å². The molecule has 1 fully saturated rings. The predicted molar refractivity (Wildman–Crippen MR) is 110 cm³/mol. The van der Waals surface area contributed by atoms with Crippen LogP contribution >= 0.6 is 0 Å². The summed E-state index contributed by atoms with van der Waals surface area (Å²) in [4.78, 5) is 24.7. The summed E-state index contributed by atoms with van der Waals surface area (Å²) in [6.45, 7) is 2.04. The number of rotatable bonds is 5. The van der Waals surface area contributed by atoms with Crippen molar-refractivity contribution in [2.75, 3.05) is 18.0 Å². The van der Waals surface area contributed by atoms with Crippen molar-refractivity contribution < 1.29 is 14.3 Å². The molecule has 150 valence electrons. The number of hydrogen-bond acceptors (Lipinski definition) is 6. The third-order valence-corrected chi connectivity index (χ3v) is 4.66. The number of cyclic esters (lactones) is 1. The van der Waals surface area contributed by atoms with Gasteiger partial charge in [0.2, 0.25) is 5.91 Å². The first-order chi connectivity index (χ1) is 14.5. The van der Waals surface area contributed by atoms with Crippen LogP contribution < -0.4 is 10.2 Å². The molecule has 1 saturated heterocycles. The molecule has 1 atom stereocenters. The lowest BCUT2D eigenvalue weighted by atomic mass is 10.1. The summed E-state index contributed by atoms with van der Waals surface area (Å²) in [5.41, 5.74) is 3.22. The molecule has 0 spiro atoms. The van der Waals surface area contributed by atoms with E-state index in [4.69, 9.17) is 4.74 Å². The number of carbonyl (C=O) groups excluding carboxylic acids is 2. The number of hydrogen-bond donors (Lipinski definition) is 1. The fourth-order valence-corrected chi connectivity index (χ4v) is 3.19. The Morgan fingerprint density at radius 2 is 2.07 bits per heavy atom. The average Bonchev–Trinajstić information content (AvgIpc) is 3.34. The lowest BCUT2D eigenvalue weighted by Gasteiger charge is -2.13. The third kappa shape index (κ3) is 3.84. The molecular formula is C21H18N6O3. The molecule has 2 amide bonds. The number of ether oxygens (including phenoxy) is 1. The summed E-state index contributed by atoms with van der Waals surface area (Å²) in [5.74, 6) is -0.172. The number of amides is 2. The smallest absolute Gasteiger partial charge is 0.414 e. The van der Waals surface area contributed by atoms with Crippen molar-refractivity contribution in [1.82, 2.24) is 20.3 Å². The Morgan fingerprint density at radius 3 is 2.80 bits per heavy atom. The second-order valence-corrected chi connectivity index (χ2v) is 6.78. The van der Waals surface area contributed by atoms with E-state index in [1.807, 2.05) is 24.3 Å². The van der Waals surface area contributed by atoms with Gasteiger partial charge in [0.05, 0.1) is 18.6 Å². The standard InChI is InChI=1S/C21H18N6O3/c1-14(28)23-12-18-13-26(21(29)30-18)16-8-6-15(7-9-16)10-17(11-22)27-20-5-3-2-4-19(20)24-25-27/h2-10,18H,12-13H2,1H3,(H,23,28)/b17-10-/t18-/m0/s1. The van der Waals surface area contributed by atoms with Gasteiger partial charge in [0.1, 0.15) is 23.4 Å². The van der Waals surface area contributed by atoms with Gasteiger partial charge in [-0.2, -0.15) is 5.26 Å². The number of nitrogens with zero attached hydrogens (tertiary/aromatic N) is 5. The average molecular weight is 402 g/mol. The van der Waals surface area contributed by atoms with Crippen LogP contribution in [-0.2, 0) is 9.53 Å². The van der Waals surface area contributed by atoms with Gasteiger partial charge in [0.25, 0.3) is 0 Å².